The molecule has 1 aliphatic rings. The van der Waals surface area contributed by atoms with Crippen molar-refractivity contribution >= 4 is 17.6 Å². The second-order valence-electron chi connectivity index (χ2n) is 7.13. The first kappa shape index (κ1) is 19.1. The van der Waals surface area contributed by atoms with Gasteiger partial charge in [-0.05, 0) is 18.9 Å². The molecule has 1 amide bonds. The molecule has 0 bridgehead atoms. The first-order chi connectivity index (χ1) is 13.9. The molecule has 1 aliphatic heterocycles. The standard InChI is InChI=1S/C18H20F2N8O/c1-26(2)17-21-7-12(8-22-17)16(29)27-5-3-4-11(9-27)14-6-13(15(19)20)25-18-23-10-24-28(14)18/h6-8,10-11,15H,3-5,9H2,1-2H3/t11-/m0/s1. The number of anilines is 1. The van der Waals surface area contributed by atoms with Gasteiger partial charge in [0.2, 0.25) is 5.95 Å². The van der Waals surface area contributed by atoms with Gasteiger partial charge in [0.1, 0.15) is 12.0 Å². The molecule has 0 aromatic carbocycles. The van der Waals surface area contributed by atoms with E-state index in [0.29, 0.717) is 30.3 Å². The number of fused-ring (bicyclic) bond motifs is 1. The van der Waals surface area contributed by atoms with E-state index in [1.807, 2.05) is 14.1 Å². The maximum absolute atomic E-state index is 13.3. The van der Waals surface area contributed by atoms with Crippen molar-refractivity contribution in [1.82, 2.24) is 34.4 Å². The lowest BCUT2D eigenvalue weighted by atomic mass is 9.93. The van der Waals surface area contributed by atoms with Crippen molar-refractivity contribution in [2.24, 2.45) is 0 Å². The molecule has 1 fully saturated rings. The lowest BCUT2D eigenvalue weighted by Crippen LogP contribution is -2.39. The minimum atomic E-state index is -2.70. The van der Waals surface area contributed by atoms with Crippen LogP contribution in [0.15, 0.2) is 24.8 Å². The van der Waals surface area contributed by atoms with Crippen LogP contribution in [0, 0.1) is 0 Å². The zero-order valence-electron chi connectivity index (χ0n) is 16.0. The molecular weight excluding hydrogens is 382 g/mol. The summed E-state index contributed by atoms with van der Waals surface area (Å²) < 4.78 is 28.0. The van der Waals surface area contributed by atoms with E-state index < -0.39 is 6.43 Å². The highest BCUT2D eigenvalue weighted by molar-refractivity contribution is 5.93. The van der Waals surface area contributed by atoms with Crippen molar-refractivity contribution in [1.29, 1.82) is 0 Å². The van der Waals surface area contributed by atoms with Crippen molar-refractivity contribution < 1.29 is 13.6 Å². The molecule has 0 N–H and O–H groups in total. The number of likely N-dealkylation sites (tertiary alicyclic amines) is 1. The molecule has 11 heteroatoms. The number of carbonyl (C=O) groups excluding carboxylic acids is 1. The van der Waals surface area contributed by atoms with E-state index in [2.05, 4.69) is 25.0 Å². The van der Waals surface area contributed by atoms with Gasteiger partial charge in [0.05, 0.1) is 11.3 Å². The molecule has 9 nitrogen and oxygen atoms in total. The predicted molar refractivity (Wildman–Crippen MR) is 100.0 cm³/mol. The highest BCUT2D eigenvalue weighted by atomic mass is 19.3. The number of rotatable bonds is 4. The van der Waals surface area contributed by atoms with E-state index in [-0.39, 0.29) is 23.3 Å². The van der Waals surface area contributed by atoms with Gasteiger partial charge >= 0.3 is 0 Å². The molecule has 1 saturated heterocycles. The Hall–Kier alpha value is -3.24. The Morgan fingerprint density at radius 2 is 2.00 bits per heavy atom. The fourth-order valence-electron chi connectivity index (χ4n) is 3.50. The molecule has 1 atom stereocenters. The average molecular weight is 402 g/mol. The van der Waals surface area contributed by atoms with Gasteiger partial charge in [-0.3, -0.25) is 4.79 Å². The molecule has 0 unspecified atom stereocenters. The molecular formula is C18H20F2N8O. The minimum absolute atomic E-state index is 0.133. The molecule has 3 aromatic heterocycles. The molecule has 0 saturated carbocycles. The molecule has 3 aromatic rings. The van der Waals surface area contributed by atoms with Crippen molar-refractivity contribution in [2.45, 2.75) is 25.2 Å². The van der Waals surface area contributed by atoms with Crippen LogP contribution in [-0.2, 0) is 0 Å². The zero-order chi connectivity index (χ0) is 20.5. The van der Waals surface area contributed by atoms with E-state index >= 15 is 0 Å². The Morgan fingerprint density at radius 3 is 2.69 bits per heavy atom. The fourth-order valence-corrected chi connectivity index (χ4v) is 3.50. The summed E-state index contributed by atoms with van der Waals surface area (Å²) in [6, 6.07) is 1.36. The first-order valence-electron chi connectivity index (χ1n) is 9.21. The van der Waals surface area contributed by atoms with Crippen LogP contribution in [0.5, 0.6) is 0 Å². The number of hydrogen-bond acceptors (Lipinski definition) is 7. The van der Waals surface area contributed by atoms with E-state index in [0.717, 1.165) is 12.8 Å². The summed E-state index contributed by atoms with van der Waals surface area (Å²) in [6.45, 7) is 0.966. The third-order valence-corrected chi connectivity index (χ3v) is 4.93. The van der Waals surface area contributed by atoms with Gasteiger partial charge in [0, 0.05) is 45.5 Å². The Kier molecular flexibility index (Phi) is 5.03. The van der Waals surface area contributed by atoms with Crippen LogP contribution in [0.4, 0.5) is 14.7 Å². The van der Waals surface area contributed by atoms with Crippen LogP contribution in [-0.4, -0.2) is 67.5 Å². The quantitative estimate of drug-likeness (QED) is 0.658. The lowest BCUT2D eigenvalue weighted by Gasteiger charge is -2.33. The van der Waals surface area contributed by atoms with Gasteiger partial charge in [-0.2, -0.15) is 10.1 Å². The number of piperidine rings is 1. The topological polar surface area (TPSA) is 92.4 Å². The molecule has 152 valence electrons. The van der Waals surface area contributed by atoms with E-state index in [1.54, 1.807) is 9.80 Å². The largest absolute Gasteiger partial charge is 0.347 e. The molecule has 0 aliphatic carbocycles. The third-order valence-electron chi connectivity index (χ3n) is 4.93. The van der Waals surface area contributed by atoms with Crippen LogP contribution in [0.2, 0.25) is 0 Å². The number of amides is 1. The van der Waals surface area contributed by atoms with Gasteiger partial charge < -0.3 is 9.80 Å². The number of carbonyl (C=O) groups is 1. The smallest absolute Gasteiger partial charge is 0.280 e. The summed E-state index contributed by atoms with van der Waals surface area (Å²) >= 11 is 0. The van der Waals surface area contributed by atoms with E-state index in [4.69, 9.17) is 0 Å². The van der Waals surface area contributed by atoms with Crippen LogP contribution in [0.1, 0.15) is 46.9 Å². The van der Waals surface area contributed by atoms with Crippen molar-refractivity contribution in [2.75, 3.05) is 32.1 Å². The van der Waals surface area contributed by atoms with Crippen LogP contribution < -0.4 is 4.90 Å². The van der Waals surface area contributed by atoms with Gasteiger partial charge in [-0.15, -0.1) is 0 Å². The van der Waals surface area contributed by atoms with E-state index in [9.17, 15) is 13.6 Å². The first-order valence-corrected chi connectivity index (χ1v) is 9.21. The molecule has 29 heavy (non-hydrogen) atoms. The monoisotopic (exact) mass is 402 g/mol. The molecule has 4 heterocycles. The molecule has 0 spiro atoms. The Morgan fingerprint density at radius 1 is 1.24 bits per heavy atom. The fraction of sp³-hybridized carbons (Fsp3) is 0.444. The van der Waals surface area contributed by atoms with Crippen LogP contribution in [0.25, 0.3) is 5.78 Å². The second-order valence-corrected chi connectivity index (χ2v) is 7.13. The summed E-state index contributed by atoms with van der Waals surface area (Å²) in [5.41, 5.74) is 0.640. The summed E-state index contributed by atoms with van der Waals surface area (Å²) in [4.78, 5) is 32.5. The molecule has 4 rings (SSSR count). The Labute approximate surface area is 165 Å². The van der Waals surface area contributed by atoms with Crippen LogP contribution in [0.3, 0.4) is 0 Å². The molecule has 0 radical (unpaired) electrons. The van der Waals surface area contributed by atoms with Crippen molar-refractivity contribution in [3.63, 3.8) is 0 Å². The maximum Gasteiger partial charge on any atom is 0.280 e. The highest BCUT2D eigenvalue weighted by Gasteiger charge is 2.29. The van der Waals surface area contributed by atoms with Crippen molar-refractivity contribution in [3.8, 4) is 0 Å². The van der Waals surface area contributed by atoms with Crippen molar-refractivity contribution in [3.05, 3.63) is 41.7 Å². The predicted octanol–water partition coefficient (Wildman–Crippen LogP) is 1.94. The SMILES string of the molecule is CN(C)c1ncc(C(=O)N2CCC[C@H](c3cc(C(F)F)nc4ncnn34)C2)cn1. The summed E-state index contributed by atoms with van der Waals surface area (Å²) in [5.74, 6) is 0.314. The Balaban J connectivity index is 1.59. The summed E-state index contributed by atoms with van der Waals surface area (Å²) in [7, 11) is 3.64. The van der Waals surface area contributed by atoms with Gasteiger partial charge in [0.25, 0.3) is 18.1 Å². The normalized spacial score (nSPS) is 17.1. The van der Waals surface area contributed by atoms with E-state index in [1.165, 1.54) is 29.3 Å². The summed E-state index contributed by atoms with van der Waals surface area (Å²) in [6.07, 6.45) is 3.09. The van der Waals surface area contributed by atoms with Gasteiger partial charge in [0.15, 0.2) is 0 Å². The maximum atomic E-state index is 13.3. The lowest BCUT2D eigenvalue weighted by molar-refractivity contribution is 0.0703. The average Bonchev–Trinajstić information content (AvgIpc) is 3.21. The third kappa shape index (κ3) is 3.71. The number of hydrogen-bond donors (Lipinski definition) is 0. The highest BCUT2D eigenvalue weighted by Crippen LogP contribution is 2.30. The number of halogens is 2. The van der Waals surface area contributed by atoms with Gasteiger partial charge in [-0.25, -0.2) is 28.2 Å². The summed E-state index contributed by atoms with van der Waals surface area (Å²) in [5, 5.41) is 4.12. The Bertz CT molecular complexity index is 1020. The number of aromatic nitrogens is 6. The zero-order valence-corrected chi connectivity index (χ0v) is 16.0. The second kappa shape index (κ2) is 7.64. The van der Waals surface area contributed by atoms with Crippen LogP contribution >= 0.6 is 0 Å². The minimum Gasteiger partial charge on any atom is -0.347 e. The van der Waals surface area contributed by atoms with Gasteiger partial charge in [-0.1, -0.05) is 0 Å². The number of alkyl halides is 2. The number of nitrogens with zero attached hydrogens (tertiary/aromatic N) is 8.